The number of likely N-dealkylation sites (N-methyl/N-ethyl adjacent to an activating group) is 1. The number of aromatic nitrogens is 1. The van der Waals surface area contributed by atoms with Crippen molar-refractivity contribution in [2.24, 2.45) is 0 Å². The zero-order valence-electron chi connectivity index (χ0n) is 13.2. The van der Waals surface area contributed by atoms with Crippen LogP contribution in [0.1, 0.15) is 5.56 Å². The van der Waals surface area contributed by atoms with Gasteiger partial charge in [-0.3, -0.25) is 0 Å². The highest BCUT2D eigenvalue weighted by Gasteiger charge is 2.30. The van der Waals surface area contributed by atoms with Gasteiger partial charge < -0.3 is 4.90 Å². The van der Waals surface area contributed by atoms with Crippen LogP contribution in [0.4, 0.5) is 0 Å². The van der Waals surface area contributed by atoms with E-state index in [4.69, 9.17) is 0 Å². The first-order valence-corrected chi connectivity index (χ1v) is 9.07. The molecule has 5 heteroatoms. The van der Waals surface area contributed by atoms with Gasteiger partial charge in [-0.15, -0.1) is 0 Å². The number of fused-ring (bicyclic) bond motifs is 2. The van der Waals surface area contributed by atoms with Crippen LogP contribution in [0.15, 0.2) is 53.6 Å². The molecule has 2 aromatic carbocycles. The van der Waals surface area contributed by atoms with Gasteiger partial charge in [0.25, 0.3) is 10.0 Å². The lowest BCUT2D eigenvalue weighted by Crippen LogP contribution is -2.17. The number of benzene rings is 2. The molecule has 3 aromatic rings. The van der Waals surface area contributed by atoms with Crippen LogP contribution in [0.3, 0.4) is 0 Å². The lowest BCUT2D eigenvalue weighted by molar-refractivity contribution is 0.414. The summed E-state index contributed by atoms with van der Waals surface area (Å²) in [5.74, 6) is 0. The summed E-state index contributed by atoms with van der Waals surface area (Å²) in [6, 6.07) is 13.3. The Morgan fingerprint density at radius 3 is 2.52 bits per heavy atom. The Hall–Kier alpha value is -2.11. The Balaban J connectivity index is 2.05. The molecule has 0 amide bonds. The lowest BCUT2D eigenvalue weighted by Gasteiger charge is -2.19. The summed E-state index contributed by atoms with van der Waals surface area (Å²) in [5, 5.41) is 1.03. The van der Waals surface area contributed by atoms with Gasteiger partial charge in [0.05, 0.1) is 10.4 Å². The van der Waals surface area contributed by atoms with Crippen molar-refractivity contribution in [3.63, 3.8) is 0 Å². The van der Waals surface area contributed by atoms with E-state index in [-0.39, 0.29) is 0 Å². The molecule has 0 fully saturated rings. The zero-order chi connectivity index (χ0) is 16.2. The monoisotopic (exact) mass is 326 g/mol. The molecule has 4 nitrogen and oxygen atoms in total. The van der Waals surface area contributed by atoms with Gasteiger partial charge in [-0.2, -0.15) is 0 Å². The van der Waals surface area contributed by atoms with Crippen molar-refractivity contribution in [2.45, 2.75) is 11.3 Å². The average molecular weight is 326 g/mol. The fourth-order valence-electron chi connectivity index (χ4n) is 3.29. The second-order valence-electron chi connectivity index (χ2n) is 6.21. The number of para-hydroxylation sites is 1. The van der Waals surface area contributed by atoms with Crippen molar-refractivity contribution in [3.05, 3.63) is 54.2 Å². The van der Waals surface area contributed by atoms with Crippen molar-refractivity contribution >= 4 is 20.9 Å². The van der Waals surface area contributed by atoms with Crippen LogP contribution in [-0.4, -0.2) is 37.9 Å². The van der Waals surface area contributed by atoms with Crippen LogP contribution in [-0.2, 0) is 16.4 Å². The minimum absolute atomic E-state index is 0.384. The topological polar surface area (TPSA) is 42.3 Å². The van der Waals surface area contributed by atoms with Crippen LogP contribution >= 0.6 is 0 Å². The Bertz CT molecular complexity index is 1020. The van der Waals surface area contributed by atoms with Gasteiger partial charge in [0.2, 0.25) is 0 Å². The van der Waals surface area contributed by atoms with E-state index < -0.39 is 10.0 Å². The van der Waals surface area contributed by atoms with Gasteiger partial charge in [-0.05, 0) is 32.1 Å². The molecule has 0 N–H and O–H groups in total. The molecule has 0 saturated carbocycles. The molecule has 118 valence electrons. The molecular weight excluding hydrogens is 308 g/mol. The minimum atomic E-state index is -3.52. The van der Waals surface area contributed by atoms with Gasteiger partial charge >= 0.3 is 0 Å². The third-order valence-electron chi connectivity index (χ3n) is 4.42. The molecule has 0 aliphatic carbocycles. The molecule has 23 heavy (non-hydrogen) atoms. The summed E-state index contributed by atoms with van der Waals surface area (Å²) in [7, 11) is 0.524. The highest BCUT2D eigenvalue weighted by atomic mass is 32.2. The third-order valence-corrected chi connectivity index (χ3v) is 6.14. The van der Waals surface area contributed by atoms with Gasteiger partial charge in [0.15, 0.2) is 0 Å². The van der Waals surface area contributed by atoms with Crippen molar-refractivity contribution in [3.8, 4) is 11.1 Å². The molecule has 4 rings (SSSR count). The van der Waals surface area contributed by atoms with E-state index >= 15 is 0 Å². The van der Waals surface area contributed by atoms with E-state index in [1.807, 2.05) is 44.4 Å². The number of nitrogens with zero attached hydrogens (tertiary/aromatic N) is 2. The predicted octanol–water partition coefficient (Wildman–Crippen LogP) is 2.96. The van der Waals surface area contributed by atoms with Crippen LogP contribution < -0.4 is 0 Å². The molecular formula is C18H18N2O2S. The molecule has 0 spiro atoms. The van der Waals surface area contributed by atoms with Gasteiger partial charge in [0, 0.05) is 29.3 Å². The SMILES string of the molecule is CN(C)CCc1cn2c3c(cccc13)-c1ccccc1S2(=O)=O. The van der Waals surface area contributed by atoms with Crippen molar-refractivity contribution in [2.75, 3.05) is 20.6 Å². The van der Waals surface area contributed by atoms with Crippen molar-refractivity contribution in [1.82, 2.24) is 8.87 Å². The normalized spacial score (nSPS) is 15.1. The maximum atomic E-state index is 13.0. The highest BCUT2D eigenvalue weighted by Crippen LogP contribution is 2.41. The molecule has 1 aromatic heterocycles. The van der Waals surface area contributed by atoms with Crippen molar-refractivity contribution < 1.29 is 8.42 Å². The zero-order valence-corrected chi connectivity index (χ0v) is 14.0. The molecule has 2 heterocycles. The third kappa shape index (κ3) is 2.04. The van der Waals surface area contributed by atoms with Crippen molar-refractivity contribution in [1.29, 1.82) is 0 Å². The molecule has 0 bridgehead atoms. The standard InChI is InChI=1S/C18H18N2O2S/c1-19(2)11-10-13-12-20-18-14(13)7-5-8-16(18)15-6-3-4-9-17(15)23(20,21)22/h3-9,12H,10-11H2,1-2H3. The Labute approximate surface area is 136 Å². The van der Waals surface area contributed by atoms with Crippen LogP contribution in [0, 0.1) is 0 Å². The van der Waals surface area contributed by atoms with Crippen LogP contribution in [0.2, 0.25) is 0 Å². The van der Waals surface area contributed by atoms with Crippen LogP contribution in [0.25, 0.3) is 22.0 Å². The maximum absolute atomic E-state index is 13.0. The molecule has 1 aliphatic heterocycles. The van der Waals surface area contributed by atoms with E-state index in [0.717, 1.165) is 40.6 Å². The Morgan fingerprint density at radius 2 is 1.74 bits per heavy atom. The van der Waals surface area contributed by atoms with Gasteiger partial charge in [-0.1, -0.05) is 36.4 Å². The fourth-order valence-corrected chi connectivity index (χ4v) is 4.91. The number of hydrogen-bond acceptors (Lipinski definition) is 3. The van der Waals surface area contributed by atoms with E-state index in [9.17, 15) is 8.42 Å². The number of rotatable bonds is 3. The van der Waals surface area contributed by atoms with Crippen LogP contribution in [0.5, 0.6) is 0 Å². The summed E-state index contributed by atoms with van der Waals surface area (Å²) in [5.41, 5.74) is 3.67. The average Bonchev–Trinajstić information content (AvgIpc) is 2.92. The number of hydrogen-bond donors (Lipinski definition) is 0. The quantitative estimate of drug-likeness (QED) is 0.581. The largest absolute Gasteiger partial charge is 0.309 e. The van der Waals surface area contributed by atoms with E-state index in [0.29, 0.717) is 4.90 Å². The first-order valence-electron chi connectivity index (χ1n) is 7.63. The van der Waals surface area contributed by atoms with Gasteiger partial charge in [-0.25, -0.2) is 12.4 Å². The Kier molecular flexibility index (Phi) is 3.11. The maximum Gasteiger partial charge on any atom is 0.268 e. The molecule has 0 unspecified atom stereocenters. The molecule has 0 radical (unpaired) electrons. The van der Waals surface area contributed by atoms with E-state index in [1.165, 1.54) is 3.97 Å². The molecule has 0 atom stereocenters. The predicted molar refractivity (Wildman–Crippen MR) is 92.2 cm³/mol. The highest BCUT2D eigenvalue weighted by molar-refractivity contribution is 7.90. The molecule has 0 saturated heterocycles. The van der Waals surface area contributed by atoms with E-state index in [1.54, 1.807) is 18.3 Å². The summed E-state index contributed by atoms with van der Waals surface area (Å²) in [4.78, 5) is 2.49. The first kappa shape index (κ1) is 14.5. The first-order chi connectivity index (χ1) is 11.0. The second-order valence-corrected chi connectivity index (χ2v) is 7.99. The second kappa shape index (κ2) is 4.94. The van der Waals surface area contributed by atoms with Gasteiger partial charge in [0.1, 0.15) is 0 Å². The summed E-state index contributed by atoms with van der Waals surface area (Å²) in [6.45, 7) is 0.885. The summed E-state index contributed by atoms with van der Waals surface area (Å²) >= 11 is 0. The summed E-state index contributed by atoms with van der Waals surface area (Å²) < 4.78 is 27.4. The smallest absolute Gasteiger partial charge is 0.268 e. The fraction of sp³-hybridized carbons (Fsp3) is 0.222. The lowest BCUT2D eigenvalue weighted by atomic mass is 10.0. The minimum Gasteiger partial charge on any atom is -0.309 e. The van der Waals surface area contributed by atoms with E-state index in [2.05, 4.69) is 4.90 Å². The summed E-state index contributed by atoms with van der Waals surface area (Å²) in [6.07, 6.45) is 2.62. The molecule has 1 aliphatic rings. The Morgan fingerprint density at radius 1 is 1.00 bits per heavy atom.